The first kappa shape index (κ1) is 24.3. The molecular weight excluding hydrogens is 456 g/mol. The first-order valence-electron chi connectivity index (χ1n) is 11.7. The van der Waals surface area contributed by atoms with E-state index in [1.807, 2.05) is 12.1 Å². The van der Waals surface area contributed by atoms with E-state index in [9.17, 15) is 9.59 Å². The molecule has 2 fully saturated rings. The molecule has 34 heavy (non-hydrogen) atoms. The van der Waals surface area contributed by atoms with Gasteiger partial charge >= 0.3 is 0 Å². The monoisotopic (exact) mass is 486 g/mol. The maximum atomic E-state index is 12.7. The molecule has 0 aliphatic carbocycles. The fourth-order valence-electron chi connectivity index (χ4n) is 4.80. The van der Waals surface area contributed by atoms with Gasteiger partial charge in [0.25, 0.3) is 11.8 Å². The van der Waals surface area contributed by atoms with Gasteiger partial charge in [0.05, 0.1) is 12.2 Å². The summed E-state index contributed by atoms with van der Waals surface area (Å²) in [5.74, 6) is 1.22. The van der Waals surface area contributed by atoms with Crippen LogP contribution in [0.3, 0.4) is 0 Å². The molecule has 1 aromatic carbocycles. The fourth-order valence-corrected chi connectivity index (χ4v) is 4.93. The summed E-state index contributed by atoms with van der Waals surface area (Å²) in [5, 5.41) is 6.60. The van der Waals surface area contributed by atoms with Gasteiger partial charge in [0, 0.05) is 43.0 Å². The SMILES string of the molecule is COCCNC(=O)c1ccc(N2[C@@H]3CC[C@H]2CC(NC(=O)C(C)Oc2ccc(Cl)cc2)C3)nc1. The summed E-state index contributed by atoms with van der Waals surface area (Å²) in [4.78, 5) is 31.9. The molecule has 2 aliphatic rings. The predicted molar refractivity (Wildman–Crippen MR) is 130 cm³/mol. The number of benzene rings is 1. The van der Waals surface area contributed by atoms with E-state index in [1.165, 1.54) is 0 Å². The van der Waals surface area contributed by atoms with Gasteiger partial charge in [0.2, 0.25) is 0 Å². The van der Waals surface area contributed by atoms with E-state index in [-0.39, 0.29) is 17.9 Å². The van der Waals surface area contributed by atoms with E-state index in [0.717, 1.165) is 31.5 Å². The molecule has 2 amide bonds. The van der Waals surface area contributed by atoms with Gasteiger partial charge in [0.1, 0.15) is 11.6 Å². The zero-order valence-electron chi connectivity index (χ0n) is 19.5. The highest BCUT2D eigenvalue weighted by Crippen LogP contribution is 2.38. The normalized spacial score (nSPS) is 22.2. The van der Waals surface area contributed by atoms with Gasteiger partial charge in [-0.05, 0) is 69.0 Å². The number of hydrogen-bond donors (Lipinski definition) is 2. The van der Waals surface area contributed by atoms with Gasteiger partial charge in [0.15, 0.2) is 6.10 Å². The minimum Gasteiger partial charge on any atom is -0.481 e. The van der Waals surface area contributed by atoms with Crippen molar-refractivity contribution in [3.05, 3.63) is 53.2 Å². The Hall–Kier alpha value is -2.84. The molecular formula is C25H31ClN4O4. The van der Waals surface area contributed by atoms with E-state index >= 15 is 0 Å². The van der Waals surface area contributed by atoms with Gasteiger partial charge in [-0.1, -0.05) is 11.6 Å². The van der Waals surface area contributed by atoms with E-state index in [0.29, 0.717) is 41.6 Å². The highest BCUT2D eigenvalue weighted by atomic mass is 35.5. The van der Waals surface area contributed by atoms with Crippen LogP contribution in [-0.4, -0.2) is 61.3 Å². The number of carbonyl (C=O) groups excluding carboxylic acids is 2. The summed E-state index contributed by atoms with van der Waals surface area (Å²) in [7, 11) is 1.60. The van der Waals surface area contributed by atoms with Crippen molar-refractivity contribution in [3.63, 3.8) is 0 Å². The summed E-state index contributed by atoms with van der Waals surface area (Å²) >= 11 is 5.91. The van der Waals surface area contributed by atoms with Crippen molar-refractivity contribution in [2.75, 3.05) is 25.2 Å². The lowest BCUT2D eigenvalue weighted by Gasteiger charge is -2.40. The highest BCUT2D eigenvalue weighted by molar-refractivity contribution is 6.30. The molecule has 0 saturated carbocycles. The minimum absolute atomic E-state index is 0.100. The number of fused-ring (bicyclic) bond motifs is 2. The van der Waals surface area contributed by atoms with Gasteiger partial charge < -0.3 is 25.0 Å². The molecule has 0 spiro atoms. The molecule has 182 valence electrons. The van der Waals surface area contributed by atoms with Gasteiger partial charge in [-0.25, -0.2) is 4.98 Å². The van der Waals surface area contributed by atoms with Crippen LogP contribution in [0.2, 0.25) is 5.02 Å². The van der Waals surface area contributed by atoms with Crippen molar-refractivity contribution in [2.45, 2.75) is 56.8 Å². The molecule has 2 aliphatic heterocycles. The first-order valence-corrected chi connectivity index (χ1v) is 12.1. The number of nitrogens with zero attached hydrogens (tertiary/aromatic N) is 2. The Morgan fingerprint density at radius 2 is 1.85 bits per heavy atom. The van der Waals surface area contributed by atoms with Crippen molar-refractivity contribution in [1.82, 2.24) is 15.6 Å². The number of ether oxygens (including phenoxy) is 2. The minimum atomic E-state index is -0.596. The topological polar surface area (TPSA) is 92.8 Å². The van der Waals surface area contributed by atoms with Crippen molar-refractivity contribution in [2.24, 2.45) is 0 Å². The third-order valence-corrected chi connectivity index (χ3v) is 6.69. The average Bonchev–Trinajstić information content (AvgIpc) is 3.10. The number of aromatic nitrogens is 1. The summed E-state index contributed by atoms with van der Waals surface area (Å²) in [6.45, 7) is 2.69. The Bertz CT molecular complexity index is 971. The summed E-state index contributed by atoms with van der Waals surface area (Å²) in [6.07, 6.45) is 4.87. The lowest BCUT2D eigenvalue weighted by Crippen LogP contribution is -2.52. The van der Waals surface area contributed by atoms with Crippen LogP contribution in [0.15, 0.2) is 42.6 Å². The zero-order chi connectivity index (χ0) is 24.1. The number of nitrogens with one attached hydrogen (secondary N) is 2. The maximum Gasteiger partial charge on any atom is 0.260 e. The second-order valence-corrected chi connectivity index (χ2v) is 9.27. The Kier molecular flexibility index (Phi) is 7.90. The van der Waals surface area contributed by atoms with Gasteiger partial charge in [-0.15, -0.1) is 0 Å². The second kappa shape index (κ2) is 11.1. The average molecular weight is 487 g/mol. The second-order valence-electron chi connectivity index (χ2n) is 8.84. The number of carbonyl (C=O) groups is 2. The number of methoxy groups -OCH3 is 1. The molecule has 4 atom stereocenters. The molecule has 2 bridgehead atoms. The molecule has 1 aromatic heterocycles. The molecule has 2 unspecified atom stereocenters. The zero-order valence-corrected chi connectivity index (χ0v) is 20.3. The number of amides is 2. The van der Waals surface area contributed by atoms with E-state index in [1.54, 1.807) is 44.5 Å². The van der Waals surface area contributed by atoms with Crippen LogP contribution >= 0.6 is 11.6 Å². The number of anilines is 1. The quantitative estimate of drug-likeness (QED) is 0.529. The number of halogens is 1. The molecule has 3 heterocycles. The standard InChI is InChI=1S/C25H31ClN4O4/c1-16(34-22-8-4-18(26)5-9-22)24(31)29-19-13-20-6-7-21(14-19)30(20)23-10-3-17(15-28-23)25(32)27-11-12-33-2/h3-5,8-10,15-16,19-21H,6-7,11-14H2,1-2H3,(H,27,32)(H,29,31)/t16?,19?,20-,21+. The summed E-state index contributed by atoms with van der Waals surface area (Å²) in [6, 6.07) is 11.4. The van der Waals surface area contributed by atoms with Crippen LogP contribution in [-0.2, 0) is 9.53 Å². The lowest BCUT2D eigenvalue weighted by molar-refractivity contribution is -0.128. The lowest BCUT2D eigenvalue weighted by atomic mass is 9.97. The smallest absolute Gasteiger partial charge is 0.260 e. The molecule has 2 aromatic rings. The largest absolute Gasteiger partial charge is 0.481 e. The molecule has 0 radical (unpaired) electrons. The van der Waals surface area contributed by atoms with Crippen LogP contribution in [0.4, 0.5) is 5.82 Å². The number of rotatable bonds is 9. The maximum absolute atomic E-state index is 12.7. The summed E-state index contributed by atoms with van der Waals surface area (Å²) < 4.78 is 10.7. The van der Waals surface area contributed by atoms with Crippen LogP contribution in [0, 0.1) is 0 Å². The van der Waals surface area contributed by atoms with Gasteiger partial charge in [-0.2, -0.15) is 0 Å². The first-order chi connectivity index (χ1) is 16.4. The summed E-state index contributed by atoms with van der Waals surface area (Å²) in [5.41, 5.74) is 0.532. The predicted octanol–water partition coefficient (Wildman–Crippen LogP) is 3.19. The van der Waals surface area contributed by atoms with Crippen LogP contribution in [0.25, 0.3) is 0 Å². The van der Waals surface area contributed by atoms with Crippen LogP contribution in [0.5, 0.6) is 5.75 Å². The highest BCUT2D eigenvalue weighted by Gasteiger charge is 2.42. The number of hydrogen-bond acceptors (Lipinski definition) is 6. The third kappa shape index (κ3) is 5.80. The van der Waals surface area contributed by atoms with Crippen molar-refractivity contribution in [1.29, 1.82) is 0 Å². The third-order valence-electron chi connectivity index (χ3n) is 6.44. The Morgan fingerprint density at radius 3 is 2.47 bits per heavy atom. The molecule has 9 heteroatoms. The molecule has 2 saturated heterocycles. The Balaban J connectivity index is 1.31. The van der Waals surface area contributed by atoms with Crippen LogP contribution in [0.1, 0.15) is 43.0 Å². The van der Waals surface area contributed by atoms with Crippen molar-refractivity contribution in [3.8, 4) is 5.75 Å². The fraction of sp³-hybridized carbons (Fsp3) is 0.480. The van der Waals surface area contributed by atoms with E-state index < -0.39 is 6.10 Å². The Morgan fingerprint density at radius 1 is 1.15 bits per heavy atom. The molecule has 2 N–H and O–H groups in total. The Labute approximate surface area is 205 Å². The van der Waals surface area contributed by atoms with E-state index in [2.05, 4.69) is 20.5 Å². The molecule has 8 nitrogen and oxygen atoms in total. The van der Waals surface area contributed by atoms with Crippen LogP contribution < -0.4 is 20.3 Å². The number of pyridine rings is 1. The van der Waals surface area contributed by atoms with Crippen molar-refractivity contribution < 1.29 is 19.1 Å². The van der Waals surface area contributed by atoms with Gasteiger partial charge in [-0.3, -0.25) is 9.59 Å². The molecule has 4 rings (SSSR count). The number of piperidine rings is 1. The van der Waals surface area contributed by atoms with E-state index in [4.69, 9.17) is 21.1 Å². The van der Waals surface area contributed by atoms with Crippen molar-refractivity contribution >= 4 is 29.2 Å².